The van der Waals surface area contributed by atoms with Crippen LogP contribution < -0.4 is 15.4 Å². The summed E-state index contributed by atoms with van der Waals surface area (Å²) in [7, 11) is 1.65. The van der Waals surface area contributed by atoms with E-state index in [2.05, 4.69) is 40.8 Å². The Morgan fingerprint density at radius 1 is 1.09 bits per heavy atom. The zero-order valence-corrected chi connectivity index (χ0v) is 13.9. The van der Waals surface area contributed by atoms with Crippen molar-refractivity contribution in [1.82, 2.24) is 19.7 Å². The fraction of sp³-hybridized carbons (Fsp3) is 0.429. The molecular formula is C14H17BrN6O. The van der Waals surface area contributed by atoms with Crippen LogP contribution >= 0.6 is 15.9 Å². The predicted octanol–water partition coefficient (Wildman–Crippen LogP) is 1.05. The number of nitrogens with zero attached hydrogens (tertiary/aromatic N) is 6. The van der Waals surface area contributed by atoms with Crippen LogP contribution in [-0.4, -0.2) is 45.9 Å². The van der Waals surface area contributed by atoms with Crippen LogP contribution in [0.25, 0.3) is 0 Å². The monoisotopic (exact) mass is 364 g/mol. The van der Waals surface area contributed by atoms with Crippen molar-refractivity contribution >= 4 is 27.6 Å². The second-order valence-corrected chi connectivity index (χ2v) is 5.94. The Balaban J connectivity index is 1.79. The molecule has 1 fully saturated rings. The van der Waals surface area contributed by atoms with Crippen molar-refractivity contribution in [2.45, 2.75) is 6.42 Å². The Hall–Kier alpha value is -1.96. The van der Waals surface area contributed by atoms with E-state index in [0.29, 0.717) is 4.47 Å². The van der Waals surface area contributed by atoms with Crippen LogP contribution in [0.1, 0.15) is 6.42 Å². The van der Waals surface area contributed by atoms with E-state index in [-0.39, 0.29) is 5.56 Å². The van der Waals surface area contributed by atoms with Gasteiger partial charge in [0, 0.05) is 45.6 Å². The lowest BCUT2D eigenvalue weighted by Gasteiger charge is -2.24. The van der Waals surface area contributed by atoms with E-state index in [1.165, 1.54) is 4.68 Å². The molecule has 3 heterocycles. The van der Waals surface area contributed by atoms with Gasteiger partial charge in [0.05, 0.1) is 11.9 Å². The molecule has 8 heteroatoms. The highest BCUT2D eigenvalue weighted by atomic mass is 79.9. The molecule has 22 heavy (non-hydrogen) atoms. The lowest BCUT2D eigenvalue weighted by Crippen LogP contribution is -2.33. The summed E-state index contributed by atoms with van der Waals surface area (Å²) < 4.78 is 1.89. The highest BCUT2D eigenvalue weighted by Gasteiger charge is 2.20. The number of hydrogen-bond acceptors (Lipinski definition) is 6. The molecule has 0 saturated carbocycles. The lowest BCUT2D eigenvalue weighted by atomic mass is 10.3. The first-order chi connectivity index (χ1) is 10.7. The van der Waals surface area contributed by atoms with Crippen molar-refractivity contribution in [3.63, 3.8) is 0 Å². The van der Waals surface area contributed by atoms with E-state index < -0.39 is 0 Å². The molecule has 1 aliphatic rings. The topological polar surface area (TPSA) is 67.2 Å². The van der Waals surface area contributed by atoms with E-state index in [4.69, 9.17) is 0 Å². The maximum atomic E-state index is 12.0. The Morgan fingerprint density at radius 3 is 2.55 bits per heavy atom. The molecule has 0 bridgehead atoms. The maximum Gasteiger partial charge on any atom is 0.282 e. The quantitative estimate of drug-likeness (QED) is 0.793. The highest BCUT2D eigenvalue weighted by molar-refractivity contribution is 9.10. The number of rotatable bonds is 2. The van der Waals surface area contributed by atoms with E-state index in [1.807, 2.05) is 6.07 Å². The second-order valence-electron chi connectivity index (χ2n) is 5.15. The Labute approximate surface area is 136 Å². The SMILES string of the molecule is Cn1ncc(N2CCCN(c3ncccn3)CC2)c(Br)c1=O. The number of halogens is 1. The summed E-state index contributed by atoms with van der Waals surface area (Å²) in [6.07, 6.45) is 6.22. The molecule has 0 spiro atoms. The summed E-state index contributed by atoms with van der Waals surface area (Å²) in [5.41, 5.74) is 0.726. The third-order valence-electron chi connectivity index (χ3n) is 3.73. The third kappa shape index (κ3) is 2.96. The van der Waals surface area contributed by atoms with E-state index in [9.17, 15) is 4.79 Å². The molecule has 1 aliphatic heterocycles. The van der Waals surface area contributed by atoms with Crippen LogP contribution in [0, 0.1) is 0 Å². The van der Waals surface area contributed by atoms with Crippen molar-refractivity contribution in [3.05, 3.63) is 39.5 Å². The summed E-state index contributed by atoms with van der Waals surface area (Å²) in [6.45, 7) is 3.38. The average Bonchev–Trinajstić information content (AvgIpc) is 2.80. The van der Waals surface area contributed by atoms with Crippen molar-refractivity contribution in [2.24, 2.45) is 7.05 Å². The first-order valence-electron chi connectivity index (χ1n) is 7.15. The summed E-state index contributed by atoms with van der Waals surface area (Å²) >= 11 is 3.40. The van der Waals surface area contributed by atoms with Crippen LogP contribution in [-0.2, 0) is 7.05 Å². The van der Waals surface area contributed by atoms with Gasteiger partial charge in [-0.3, -0.25) is 4.79 Å². The fourth-order valence-electron chi connectivity index (χ4n) is 2.54. The number of aromatic nitrogens is 4. The van der Waals surface area contributed by atoms with Gasteiger partial charge in [0.1, 0.15) is 4.47 Å². The van der Waals surface area contributed by atoms with Crippen LogP contribution in [0.15, 0.2) is 33.9 Å². The Morgan fingerprint density at radius 2 is 1.77 bits per heavy atom. The lowest BCUT2D eigenvalue weighted by molar-refractivity contribution is 0.694. The van der Waals surface area contributed by atoms with E-state index in [1.54, 1.807) is 25.6 Å². The summed E-state index contributed by atoms with van der Waals surface area (Å²) in [5, 5.41) is 4.12. The minimum Gasteiger partial charge on any atom is -0.367 e. The van der Waals surface area contributed by atoms with Gasteiger partial charge in [-0.2, -0.15) is 5.10 Å². The standard InChI is InChI=1S/C14H17BrN6O/c1-19-13(22)12(15)11(10-18-19)20-6-3-7-21(9-8-20)14-16-4-2-5-17-14/h2,4-5,10H,3,6-9H2,1H3. The molecule has 0 aromatic carbocycles. The molecule has 0 N–H and O–H groups in total. The van der Waals surface area contributed by atoms with Gasteiger partial charge >= 0.3 is 0 Å². The van der Waals surface area contributed by atoms with Crippen LogP contribution in [0.2, 0.25) is 0 Å². The smallest absolute Gasteiger partial charge is 0.282 e. The third-order valence-corrected chi connectivity index (χ3v) is 4.48. The Bertz CT molecular complexity index is 704. The summed E-state index contributed by atoms with van der Waals surface area (Å²) in [4.78, 5) is 25.0. The van der Waals surface area contributed by atoms with E-state index >= 15 is 0 Å². The van der Waals surface area contributed by atoms with Crippen molar-refractivity contribution < 1.29 is 0 Å². The molecule has 0 atom stereocenters. The molecule has 3 rings (SSSR count). The summed E-state index contributed by atoms with van der Waals surface area (Å²) in [5.74, 6) is 0.755. The van der Waals surface area contributed by atoms with E-state index in [0.717, 1.165) is 44.2 Å². The largest absolute Gasteiger partial charge is 0.367 e. The molecule has 7 nitrogen and oxygen atoms in total. The molecule has 1 saturated heterocycles. The zero-order chi connectivity index (χ0) is 15.5. The van der Waals surface area contributed by atoms with Crippen molar-refractivity contribution in [3.8, 4) is 0 Å². The highest BCUT2D eigenvalue weighted by Crippen LogP contribution is 2.23. The summed E-state index contributed by atoms with van der Waals surface area (Å²) in [6, 6.07) is 1.82. The molecule has 116 valence electrons. The molecule has 2 aromatic rings. The van der Waals surface area contributed by atoms with Gasteiger partial charge < -0.3 is 9.80 Å². The predicted molar refractivity (Wildman–Crippen MR) is 88.3 cm³/mol. The van der Waals surface area contributed by atoms with Crippen molar-refractivity contribution in [1.29, 1.82) is 0 Å². The van der Waals surface area contributed by atoms with Gasteiger partial charge in [0.25, 0.3) is 5.56 Å². The van der Waals surface area contributed by atoms with Crippen LogP contribution in [0.4, 0.5) is 11.6 Å². The van der Waals surface area contributed by atoms with Gasteiger partial charge in [-0.1, -0.05) is 0 Å². The normalized spacial score (nSPS) is 15.7. The molecule has 2 aromatic heterocycles. The number of aryl methyl sites for hydroxylation is 1. The number of anilines is 2. The fourth-order valence-corrected chi connectivity index (χ4v) is 3.15. The zero-order valence-electron chi connectivity index (χ0n) is 12.3. The van der Waals surface area contributed by atoms with Gasteiger partial charge in [-0.05, 0) is 28.4 Å². The first-order valence-corrected chi connectivity index (χ1v) is 7.95. The average molecular weight is 365 g/mol. The molecular weight excluding hydrogens is 348 g/mol. The van der Waals surface area contributed by atoms with Gasteiger partial charge in [-0.15, -0.1) is 0 Å². The van der Waals surface area contributed by atoms with Gasteiger partial charge in [-0.25, -0.2) is 14.6 Å². The van der Waals surface area contributed by atoms with Crippen molar-refractivity contribution in [2.75, 3.05) is 36.0 Å². The molecule has 0 amide bonds. The first kappa shape index (κ1) is 15.0. The molecule has 0 unspecified atom stereocenters. The molecule has 0 radical (unpaired) electrons. The van der Waals surface area contributed by atoms with Gasteiger partial charge in [0.2, 0.25) is 5.95 Å². The minimum absolute atomic E-state index is 0.120. The number of hydrogen-bond donors (Lipinski definition) is 0. The van der Waals surface area contributed by atoms with Crippen LogP contribution in [0.3, 0.4) is 0 Å². The van der Waals surface area contributed by atoms with Gasteiger partial charge in [0.15, 0.2) is 0 Å². The minimum atomic E-state index is -0.120. The molecule has 0 aliphatic carbocycles. The maximum absolute atomic E-state index is 12.0. The second kappa shape index (κ2) is 6.43. The Kier molecular flexibility index (Phi) is 4.37. The van der Waals surface area contributed by atoms with Crippen LogP contribution in [0.5, 0.6) is 0 Å².